The molecule has 5 rings (SSSR count). The summed E-state index contributed by atoms with van der Waals surface area (Å²) in [4.78, 5) is 19.1. The van der Waals surface area contributed by atoms with Crippen molar-refractivity contribution in [3.05, 3.63) is 78.1 Å². The number of hydrogen-bond donors (Lipinski definition) is 0. The van der Waals surface area contributed by atoms with Crippen molar-refractivity contribution in [2.24, 2.45) is 0 Å². The molecule has 156 valence electrons. The summed E-state index contributed by atoms with van der Waals surface area (Å²) in [5.74, 6) is 0.305. The Hall–Kier alpha value is -3.81. The van der Waals surface area contributed by atoms with Gasteiger partial charge in [0, 0.05) is 30.3 Å². The van der Waals surface area contributed by atoms with Crippen LogP contribution in [-0.4, -0.2) is 39.2 Å². The lowest BCUT2D eigenvalue weighted by Crippen LogP contribution is -2.39. The highest BCUT2D eigenvalue weighted by atomic mass is 19.1. The van der Waals surface area contributed by atoms with Crippen LogP contribution in [0.1, 0.15) is 35.2 Å². The number of nitrogens with zero attached hydrogens (tertiary/aromatic N) is 4. The summed E-state index contributed by atoms with van der Waals surface area (Å²) in [5.41, 5.74) is 2.06. The first kappa shape index (κ1) is 19.2. The molecule has 3 heterocycles. The SMILES string of the molecule is O=C(c1cc(-c2ccccc2)no1)N1CCCC(c2nc(-c3cccc(F)c3)no2)C1. The summed E-state index contributed by atoms with van der Waals surface area (Å²) in [7, 11) is 0. The third kappa shape index (κ3) is 3.96. The molecule has 1 amide bonds. The number of amides is 1. The fraction of sp³-hybridized carbons (Fsp3) is 0.217. The summed E-state index contributed by atoms with van der Waals surface area (Å²) in [5, 5.41) is 8.01. The third-order valence-corrected chi connectivity index (χ3v) is 5.37. The number of rotatable bonds is 4. The van der Waals surface area contributed by atoms with Crippen LogP contribution in [0.2, 0.25) is 0 Å². The predicted octanol–water partition coefficient (Wildman–Crippen LogP) is 4.55. The first-order valence-electron chi connectivity index (χ1n) is 10.1. The molecule has 1 unspecified atom stereocenters. The number of aromatic nitrogens is 3. The van der Waals surface area contributed by atoms with E-state index in [4.69, 9.17) is 9.05 Å². The van der Waals surface area contributed by atoms with Crippen molar-refractivity contribution >= 4 is 5.91 Å². The molecule has 0 saturated carbocycles. The lowest BCUT2D eigenvalue weighted by atomic mass is 9.97. The predicted molar refractivity (Wildman–Crippen MR) is 110 cm³/mol. The minimum Gasteiger partial charge on any atom is -0.350 e. The Morgan fingerprint density at radius 2 is 1.84 bits per heavy atom. The van der Waals surface area contributed by atoms with Gasteiger partial charge in [-0.25, -0.2) is 4.39 Å². The molecule has 2 aromatic heterocycles. The molecular weight excluding hydrogens is 399 g/mol. The van der Waals surface area contributed by atoms with Crippen LogP contribution in [-0.2, 0) is 0 Å². The van der Waals surface area contributed by atoms with E-state index in [0.29, 0.717) is 36.1 Å². The van der Waals surface area contributed by atoms with Gasteiger partial charge < -0.3 is 13.9 Å². The molecule has 31 heavy (non-hydrogen) atoms. The zero-order valence-corrected chi connectivity index (χ0v) is 16.6. The van der Waals surface area contributed by atoms with Gasteiger partial charge in [0.2, 0.25) is 17.5 Å². The normalized spacial score (nSPS) is 16.4. The molecule has 1 fully saturated rings. The molecular formula is C23H19FN4O3. The number of likely N-dealkylation sites (tertiary alicyclic amines) is 1. The Morgan fingerprint density at radius 1 is 1.00 bits per heavy atom. The highest BCUT2D eigenvalue weighted by Gasteiger charge is 2.31. The Kier molecular flexibility index (Phi) is 5.03. The summed E-state index contributed by atoms with van der Waals surface area (Å²) in [6.07, 6.45) is 1.62. The molecule has 1 aliphatic heterocycles. The van der Waals surface area contributed by atoms with Crippen LogP contribution >= 0.6 is 0 Å². The summed E-state index contributed by atoms with van der Waals surface area (Å²) >= 11 is 0. The molecule has 4 aromatic rings. The van der Waals surface area contributed by atoms with E-state index in [1.54, 1.807) is 23.1 Å². The van der Waals surface area contributed by atoms with Crippen LogP contribution in [0.15, 0.2) is 69.7 Å². The molecule has 8 heteroatoms. The van der Waals surface area contributed by atoms with Gasteiger partial charge in [0.1, 0.15) is 11.5 Å². The Morgan fingerprint density at radius 3 is 2.68 bits per heavy atom. The smallest absolute Gasteiger partial charge is 0.292 e. The zero-order valence-electron chi connectivity index (χ0n) is 16.6. The summed E-state index contributed by atoms with van der Waals surface area (Å²) < 4.78 is 24.2. The van der Waals surface area contributed by atoms with Gasteiger partial charge >= 0.3 is 0 Å². The number of piperidine rings is 1. The van der Waals surface area contributed by atoms with Crippen LogP contribution in [0.5, 0.6) is 0 Å². The maximum atomic E-state index is 13.5. The molecule has 1 atom stereocenters. The molecule has 0 N–H and O–H groups in total. The first-order valence-corrected chi connectivity index (χ1v) is 10.1. The van der Waals surface area contributed by atoms with Gasteiger partial charge in [-0.3, -0.25) is 4.79 Å². The van der Waals surface area contributed by atoms with Gasteiger partial charge in [-0.1, -0.05) is 52.8 Å². The number of carbonyl (C=O) groups is 1. The van der Waals surface area contributed by atoms with Crippen molar-refractivity contribution in [1.82, 2.24) is 20.2 Å². The van der Waals surface area contributed by atoms with Crippen LogP contribution in [0.25, 0.3) is 22.6 Å². The van der Waals surface area contributed by atoms with Crippen LogP contribution in [0.3, 0.4) is 0 Å². The van der Waals surface area contributed by atoms with Crippen LogP contribution in [0, 0.1) is 5.82 Å². The van der Waals surface area contributed by atoms with Gasteiger partial charge in [0.25, 0.3) is 5.91 Å². The van der Waals surface area contributed by atoms with Crippen molar-refractivity contribution < 1.29 is 18.2 Å². The summed E-state index contributed by atoms with van der Waals surface area (Å²) in [6.45, 7) is 1.05. The topological polar surface area (TPSA) is 85.3 Å². The lowest BCUT2D eigenvalue weighted by molar-refractivity contribution is 0.0654. The number of carbonyl (C=O) groups excluding carboxylic acids is 1. The molecule has 1 aliphatic rings. The standard InChI is InChI=1S/C23H19FN4O3/c24-18-10-4-8-16(12-18)21-25-22(31-27-21)17-9-5-11-28(14-17)23(29)20-13-19(26-30-20)15-6-2-1-3-7-15/h1-4,6-8,10,12-13,17H,5,9,11,14H2. The molecule has 0 spiro atoms. The van der Waals surface area contributed by atoms with E-state index in [0.717, 1.165) is 18.4 Å². The second kappa shape index (κ2) is 8.14. The average molecular weight is 418 g/mol. The Labute approximate surface area is 177 Å². The second-order valence-corrected chi connectivity index (χ2v) is 7.50. The Balaban J connectivity index is 1.31. The van der Waals surface area contributed by atoms with Crippen LogP contribution < -0.4 is 0 Å². The summed E-state index contributed by atoms with van der Waals surface area (Å²) in [6, 6.07) is 17.3. The van der Waals surface area contributed by atoms with E-state index >= 15 is 0 Å². The molecule has 0 aliphatic carbocycles. The van der Waals surface area contributed by atoms with E-state index in [2.05, 4.69) is 15.3 Å². The van der Waals surface area contributed by atoms with E-state index in [-0.39, 0.29) is 23.4 Å². The quantitative estimate of drug-likeness (QED) is 0.483. The largest absolute Gasteiger partial charge is 0.350 e. The monoisotopic (exact) mass is 418 g/mol. The average Bonchev–Trinajstić information content (AvgIpc) is 3.50. The second-order valence-electron chi connectivity index (χ2n) is 7.50. The fourth-order valence-electron chi connectivity index (χ4n) is 3.79. The van der Waals surface area contributed by atoms with Gasteiger partial charge in [-0.05, 0) is 25.0 Å². The maximum Gasteiger partial charge on any atom is 0.292 e. The Bertz CT molecular complexity index is 1200. The van der Waals surface area contributed by atoms with E-state index in [1.165, 1.54) is 12.1 Å². The van der Waals surface area contributed by atoms with E-state index < -0.39 is 0 Å². The zero-order chi connectivity index (χ0) is 21.2. The molecule has 0 bridgehead atoms. The van der Waals surface area contributed by atoms with Crippen molar-refractivity contribution in [2.45, 2.75) is 18.8 Å². The molecule has 2 aromatic carbocycles. The number of benzene rings is 2. The van der Waals surface area contributed by atoms with E-state index in [9.17, 15) is 9.18 Å². The first-order chi connectivity index (χ1) is 15.2. The third-order valence-electron chi connectivity index (χ3n) is 5.37. The van der Waals surface area contributed by atoms with Gasteiger partial charge in [-0.15, -0.1) is 0 Å². The van der Waals surface area contributed by atoms with Gasteiger partial charge in [0.15, 0.2) is 0 Å². The number of hydrogen-bond acceptors (Lipinski definition) is 6. The minimum atomic E-state index is -0.361. The van der Waals surface area contributed by atoms with Crippen molar-refractivity contribution in [3.63, 3.8) is 0 Å². The van der Waals surface area contributed by atoms with E-state index in [1.807, 2.05) is 30.3 Å². The van der Waals surface area contributed by atoms with Gasteiger partial charge in [0.05, 0.1) is 5.92 Å². The highest BCUT2D eigenvalue weighted by Crippen LogP contribution is 2.29. The van der Waals surface area contributed by atoms with Crippen molar-refractivity contribution in [1.29, 1.82) is 0 Å². The van der Waals surface area contributed by atoms with Crippen molar-refractivity contribution in [2.75, 3.05) is 13.1 Å². The van der Waals surface area contributed by atoms with Gasteiger partial charge in [-0.2, -0.15) is 4.98 Å². The lowest BCUT2D eigenvalue weighted by Gasteiger charge is -2.30. The molecule has 7 nitrogen and oxygen atoms in total. The van der Waals surface area contributed by atoms with Crippen molar-refractivity contribution in [3.8, 4) is 22.6 Å². The fourth-order valence-corrected chi connectivity index (χ4v) is 3.79. The molecule has 1 saturated heterocycles. The minimum absolute atomic E-state index is 0.0935. The van der Waals surface area contributed by atoms with Crippen LogP contribution in [0.4, 0.5) is 4.39 Å². The maximum absolute atomic E-state index is 13.5. The molecule has 0 radical (unpaired) electrons. The number of halogens is 1. The highest BCUT2D eigenvalue weighted by molar-refractivity contribution is 5.92.